The molecule has 0 saturated carbocycles. The predicted molar refractivity (Wildman–Crippen MR) is 57.0 cm³/mol. The van der Waals surface area contributed by atoms with Crippen molar-refractivity contribution in [1.82, 2.24) is 0 Å². The standard InChI is InChI=1S/C12H12O2/c1-3-4-7-10-8-5-6-9-11(10)12(13)14-2/h3-9H,1H2,2H3. The average molecular weight is 188 g/mol. The second kappa shape index (κ2) is 5.02. The van der Waals surface area contributed by atoms with E-state index in [0.29, 0.717) is 5.56 Å². The van der Waals surface area contributed by atoms with E-state index < -0.39 is 0 Å². The minimum atomic E-state index is -0.325. The zero-order valence-corrected chi connectivity index (χ0v) is 8.07. The van der Waals surface area contributed by atoms with E-state index in [2.05, 4.69) is 11.3 Å². The Balaban J connectivity index is 3.08. The molecule has 1 aromatic carbocycles. The molecule has 0 spiro atoms. The minimum Gasteiger partial charge on any atom is -0.465 e. The normalized spacial score (nSPS) is 10.1. The molecule has 0 saturated heterocycles. The lowest BCUT2D eigenvalue weighted by Gasteiger charge is -2.02. The smallest absolute Gasteiger partial charge is 0.338 e. The van der Waals surface area contributed by atoms with E-state index in [1.807, 2.05) is 18.2 Å². The van der Waals surface area contributed by atoms with Crippen LogP contribution in [0.2, 0.25) is 0 Å². The van der Waals surface area contributed by atoms with Crippen molar-refractivity contribution in [1.29, 1.82) is 0 Å². The Hall–Kier alpha value is -1.83. The van der Waals surface area contributed by atoms with Gasteiger partial charge in [0.2, 0.25) is 0 Å². The first kappa shape index (κ1) is 10.3. The van der Waals surface area contributed by atoms with Crippen LogP contribution in [0.4, 0.5) is 0 Å². The highest BCUT2D eigenvalue weighted by Crippen LogP contribution is 2.11. The first-order chi connectivity index (χ1) is 6.79. The molecule has 0 unspecified atom stereocenters. The van der Waals surface area contributed by atoms with Gasteiger partial charge in [0.05, 0.1) is 12.7 Å². The van der Waals surface area contributed by atoms with Gasteiger partial charge in [-0.2, -0.15) is 0 Å². The summed E-state index contributed by atoms with van der Waals surface area (Å²) >= 11 is 0. The molecule has 72 valence electrons. The Bertz CT molecular complexity index is 364. The van der Waals surface area contributed by atoms with Crippen LogP contribution in [0.25, 0.3) is 6.08 Å². The molecule has 1 aromatic rings. The number of methoxy groups -OCH3 is 1. The van der Waals surface area contributed by atoms with Crippen molar-refractivity contribution in [3.05, 3.63) is 54.1 Å². The zero-order valence-electron chi connectivity index (χ0n) is 8.07. The fourth-order valence-corrected chi connectivity index (χ4v) is 1.11. The number of allylic oxidation sites excluding steroid dienone is 2. The van der Waals surface area contributed by atoms with Crippen LogP contribution in [0.5, 0.6) is 0 Å². The zero-order chi connectivity index (χ0) is 10.4. The van der Waals surface area contributed by atoms with Crippen molar-refractivity contribution in [2.24, 2.45) is 0 Å². The quantitative estimate of drug-likeness (QED) is 0.538. The van der Waals surface area contributed by atoms with Gasteiger partial charge in [0.1, 0.15) is 0 Å². The fraction of sp³-hybridized carbons (Fsp3) is 0.0833. The minimum absolute atomic E-state index is 0.325. The first-order valence-electron chi connectivity index (χ1n) is 4.26. The molecule has 0 fully saturated rings. The molecule has 0 bridgehead atoms. The van der Waals surface area contributed by atoms with Gasteiger partial charge in [-0.25, -0.2) is 4.79 Å². The second-order valence-corrected chi connectivity index (χ2v) is 2.67. The van der Waals surface area contributed by atoms with Crippen LogP contribution >= 0.6 is 0 Å². The molecule has 14 heavy (non-hydrogen) atoms. The Labute approximate surface area is 83.5 Å². The van der Waals surface area contributed by atoms with E-state index in [-0.39, 0.29) is 5.97 Å². The fourth-order valence-electron chi connectivity index (χ4n) is 1.11. The SMILES string of the molecule is C=CC=Cc1ccccc1C(=O)OC. The molecular formula is C12H12O2. The topological polar surface area (TPSA) is 26.3 Å². The predicted octanol–water partition coefficient (Wildman–Crippen LogP) is 2.67. The van der Waals surface area contributed by atoms with Crippen molar-refractivity contribution < 1.29 is 9.53 Å². The molecule has 0 aliphatic carbocycles. The maximum Gasteiger partial charge on any atom is 0.338 e. The first-order valence-corrected chi connectivity index (χ1v) is 4.26. The van der Waals surface area contributed by atoms with Gasteiger partial charge >= 0.3 is 5.97 Å². The average Bonchev–Trinajstić information content (AvgIpc) is 2.25. The van der Waals surface area contributed by atoms with Gasteiger partial charge in [-0.05, 0) is 11.6 Å². The molecule has 0 aliphatic heterocycles. The van der Waals surface area contributed by atoms with E-state index in [9.17, 15) is 4.79 Å². The molecule has 0 atom stereocenters. The Morgan fingerprint density at radius 3 is 2.79 bits per heavy atom. The van der Waals surface area contributed by atoms with Crippen LogP contribution in [0.15, 0.2) is 43.0 Å². The summed E-state index contributed by atoms with van der Waals surface area (Å²) in [5.74, 6) is -0.325. The largest absolute Gasteiger partial charge is 0.465 e. The summed E-state index contributed by atoms with van der Waals surface area (Å²) in [4.78, 5) is 11.3. The van der Waals surface area contributed by atoms with Crippen LogP contribution in [-0.2, 0) is 4.74 Å². The lowest BCUT2D eigenvalue weighted by molar-refractivity contribution is 0.0600. The maximum atomic E-state index is 11.3. The Kier molecular flexibility index (Phi) is 3.68. The van der Waals surface area contributed by atoms with Crippen molar-refractivity contribution >= 4 is 12.0 Å². The molecule has 2 heteroatoms. The Morgan fingerprint density at radius 1 is 1.43 bits per heavy atom. The van der Waals surface area contributed by atoms with Crippen LogP contribution in [0.1, 0.15) is 15.9 Å². The number of esters is 1. The summed E-state index contributed by atoms with van der Waals surface area (Å²) in [6.45, 7) is 3.57. The summed E-state index contributed by atoms with van der Waals surface area (Å²) in [5.41, 5.74) is 1.40. The highest BCUT2D eigenvalue weighted by molar-refractivity contribution is 5.93. The second-order valence-electron chi connectivity index (χ2n) is 2.67. The molecule has 0 N–H and O–H groups in total. The van der Waals surface area contributed by atoms with Crippen LogP contribution < -0.4 is 0 Å². The van der Waals surface area contributed by atoms with Gasteiger partial charge in [-0.15, -0.1) is 0 Å². The number of carbonyl (C=O) groups excluding carboxylic acids is 1. The van der Waals surface area contributed by atoms with Crippen LogP contribution in [0.3, 0.4) is 0 Å². The van der Waals surface area contributed by atoms with Crippen molar-refractivity contribution in [3.8, 4) is 0 Å². The lowest BCUT2D eigenvalue weighted by Crippen LogP contribution is -2.02. The lowest BCUT2D eigenvalue weighted by atomic mass is 10.1. The monoisotopic (exact) mass is 188 g/mol. The highest BCUT2D eigenvalue weighted by Gasteiger charge is 2.07. The van der Waals surface area contributed by atoms with Crippen molar-refractivity contribution in [2.45, 2.75) is 0 Å². The maximum absolute atomic E-state index is 11.3. The summed E-state index contributed by atoms with van der Waals surface area (Å²) in [5, 5.41) is 0. The van der Waals surface area contributed by atoms with Crippen molar-refractivity contribution in [2.75, 3.05) is 7.11 Å². The number of ether oxygens (including phenoxy) is 1. The molecule has 0 heterocycles. The van der Waals surface area contributed by atoms with Gasteiger partial charge in [-0.3, -0.25) is 0 Å². The van der Waals surface area contributed by atoms with Crippen LogP contribution in [-0.4, -0.2) is 13.1 Å². The van der Waals surface area contributed by atoms with E-state index in [0.717, 1.165) is 5.56 Å². The van der Waals surface area contributed by atoms with E-state index >= 15 is 0 Å². The molecule has 0 aliphatic rings. The third-order valence-corrected chi connectivity index (χ3v) is 1.78. The summed E-state index contributed by atoms with van der Waals surface area (Å²) < 4.78 is 4.66. The van der Waals surface area contributed by atoms with Gasteiger partial charge in [0.25, 0.3) is 0 Å². The number of hydrogen-bond acceptors (Lipinski definition) is 2. The van der Waals surface area contributed by atoms with Gasteiger partial charge in [0, 0.05) is 0 Å². The number of rotatable bonds is 3. The van der Waals surface area contributed by atoms with Gasteiger partial charge < -0.3 is 4.74 Å². The van der Waals surface area contributed by atoms with Gasteiger partial charge in [0.15, 0.2) is 0 Å². The third kappa shape index (κ3) is 2.33. The molecule has 0 amide bonds. The molecule has 0 aromatic heterocycles. The highest BCUT2D eigenvalue weighted by atomic mass is 16.5. The summed E-state index contributed by atoms with van der Waals surface area (Å²) in [6.07, 6.45) is 5.26. The molecular weight excluding hydrogens is 176 g/mol. The van der Waals surface area contributed by atoms with Crippen molar-refractivity contribution in [3.63, 3.8) is 0 Å². The molecule has 1 rings (SSSR count). The summed E-state index contributed by atoms with van der Waals surface area (Å²) in [6, 6.07) is 7.26. The molecule has 2 nitrogen and oxygen atoms in total. The Morgan fingerprint density at radius 2 is 2.14 bits per heavy atom. The van der Waals surface area contributed by atoms with Gasteiger partial charge in [-0.1, -0.05) is 43.0 Å². The molecule has 0 radical (unpaired) electrons. The van der Waals surface area contributed by atoms with E-state index in [1.54, 1.807) is 24.3 Å². The summed E-state index contributed by atoms with van der Waals surface area (Å²) in [7, 11) is 1.37. The van der Waals surface area contributed by atoms with E-state index in [1.165, 1.54) is 7.11 Å². The van der Waals surface area contributed by atoms with Crippen LogP contribution in [0, 0.1) is 0 Å². The number of hydrogen-bond donors (Lipinski definition) is 0. The number of benzene rings is 1. The third-order valence-electron chi connectivity index (χ3n) is 1.78. The van der Waals surface area contributed by atoms with E-state index in [4.69, 9.17) is 0 Å². The number of carbonyl (C=O) groups is 1.